The van der Waals surface area contributed by atoms with Gasteiger partial charge in [0.25, 0.3) is 11.7 Å². The number of nitrogens with zero attached hydrogens (tertiary/aromatic N) is 1. The maximum atomic E-state index is 12.1. The Morgan fingerprint density at radius 3 is 2.68 bits per heavy atom. The van der Waals surface area contributed by atoms with Crippen molar-refractivity contribution in [3.63, 3.8) is 0 Å². The molecule has 2 aromatic rings. The molecule has 1 aliphatic heterocycles. The summed E-state index contributed by atoms with van der Waals surface area (Å²) in [6.45, 7) is 0. The summed E-state index contributed by atoms with van der Waals surface area (Å²) in [4.78, 5) is 16.2. The SMILES string of the molecule is O=C(Nc1ccc2c(c1)OC1(CCCC1)O2)c1ccccn1. The first-order valence-electron chi connectivity index (χ1n) is 7.49. The molecule has 1 aromatic carbocycles. The minimum Gasteiger partial charge on any atom is -0.448 e. The number of hydrogen-bond donors (Lipinski definition) is 1. The minimum absolute atomic E-state index is 0.241. The number of benzene rings is 1. The van der Waals surface area contributed by atoms with Crippen molar-refractivity contribution in [3.05, 3.63) is 48.3 Å². The summed E-state index contributed by atoms with van der Waals surface area (Å²) in [5.41, 5.74) is 1.06. The number of carbonyl (C=O) groups is 1. The molecule has 1 amide bonds. The van der Waals surface area contributed by atoms with Gasteiger partial charge in [0.05, 0.1) is 0 Å². The molecule has 0 atom stereocenters. The molecule has 2 heterocycles. The van der Waals surface area contributed by atoms with Gasteiger partial charge in [-0.15, -0.1) is 0 Å². The highest BCUT2D eigenvalue weighted by Crippen LogP contribution is 2.47. The van der Waals surface area contributed by atoms with E-state index in [-0.39, 0.29) is 5.91 Å². The van der Waals surface area contributed by atoms with Crippen LogP contribution in [0.25, 0.3) is 0 Å². The largest absolute Gasteiger partial charge is 0.448 e. The number of pyridine rings is 1. The molecule has 4 rings (SSSR count). The van der Waals surface area contributed by atoms with Crippen molar-refractivity contribution in [3.8, 4) is 11.5 Å². The highest BCUT2D eigenvalue weighted by Gasteiger charge is 2.44. The van der Waals surface area contributed by atoms with Crippen LogP contribution in [0.15, 0.2) is 42.6 Å². The van der Waals surface area contributed by atoms with E-state index in [0.717, 1.165) is 31.4 Å². The summed E-state index contributed by atoms with van der Waals surface area (Å²) in [5, 5.41) is 2.83. The van der Waals surface area contributed by atoms with Gasteiger partial charge in [-0.1, -0.05) is 6.07 Å². The predicted molar refractivity (Wildman–Crippen MR) is 81.1 cm³/mol. The van der Waals surface area contributed by atoms with E-state index < -0.39 is 5.79 Å². The number of hydrogen-bond acceptors (Lipinski definition) is 4. The van der Waals surface area contributed by atoms with Crippen molar-refractivity contribution in [1.29, 1.82) is 0 Å². The molecule has 1 N–H and O–H groups in total. The van der Waals surface area contributed by atoms with Crippen LogP contribution in [0.5, 0.6) is 11.5 Å². The van der Waals surface area contributed by atoms with Crippen molar-refractivity contribution in [2.75, 3.05) is 5.32 Å². The van der Waals surface area contributed by atoms with Gasteiger partial charge in [0.2, 0.25) is 0 Å². The first-order valence-corrected chi connectivity index (χ1v) is 7.49. The van der Waals surface area contributed by atoms with Gasteiger partial charge in [0, 0.05) is 30.8 Å². The number of rotatable bonds is 2. The maximum Gasteiger partial charge on any atom is 0.274 e. The zero-order valence-electron chi connectivity index (χ0n) is 12.0. The summed E-state index contributed by atoms with van der Waals surface area (Å²) < 4.78 is 11.9. The number of anilines is 1. The molecule has 0 saturated heterocycles. The van der Waals surface area contributed by atoms with E-state index in [9.17, 15) is 4.79 Å². The van der Waals surface area contributed by atoms with E-state index in [0.29, 0.717) is 17.1 Å². The molecule has 112 valence electrons. The number of carbonyl (C=O) groups excluding carboxylic acids is 1. The molecule has 1 aromatic heterocycles. The molecule has 22 heavy (non-hydrogen) atoms. The first kappa shape index (κ1) is 13.1. The van der Waals surface area contributed by atoms with Crippen LogP contribution in [0.1, 0.15) is 36.2 Å². The third-order valence-corrected chi connectivity index (χ3v) is 4.06. The number of fused-ring (bicyclic) bond motifs is 1. The van der Waals surface area contributed by atoms with Gasteiger partial charge in [-0.05, 0) is 37.1 Å². The Hall–Kier alpha value is -2.56. The van der Waals surface area contributed by atoms with E-state index in [4.69, 9.17) is 9.47 Å². The Bertz CT molecular complexity index is 709. The third kappa shape index (κ3) is 2.28. The summed E-state index contributed by atoms with van der Waals surface area (Å²) in [6, 6.07) is 10.7. The van der Waals surface area contributed by atoms with Gasteiger partial charge in [-0.2, -0.15) is 0 Å². The second kappa shape index (κ2) is 5.02. The molecule has 2 aliphatic rings. The van der Waals surface area contributed by atoms with Gasteiger partial charge in [0.1, 0.15) is 5.69 Å². The van der Waals surface area contributed by atoms with E-state index in [2.05, 4.69) is 10.3 Å². The van der Waals surface area contributed by atoms with Crippen LogP contribution in [0.2, 0.25) is 0 Å². The van der Waals surface area contributed by atoms with Gasteiger partial charge < -0.3 is 14.8 Å². The molecule has 1 saturated carbocycles. The highest BCUT2D eigenvalue weighted by molar-refractivity contribution is 6.02. The van der Waals surface area contributed by atoms with Crippen LogP contribution in [0, 0.1) is 0 Å². The van der Waals surface area contributed by atoms with Gasteiger partial charge in [-0.25, -0.2) is 0 Å². The fourth-order valence-electron chi connectivity index (χ4n) is 2.98. The summed E-state index contributed by atoms with van der Waals surface area (Å²) >= 11 is 0. The normalized spacial score (nSPS) is 17.6. The molecule has 0 bridgehead atoms. The smallest absolute Gasteiger partial charge is 0.274 e. The average molecular weight is 296 g/mol. The van der Waals surface area contributed by atoms with Crippen LogP contribution in [-0.4, -0.2) is 16.7 Å². The molecule has 0 radical (unpaired) electrons. The molecular weight excluding hydrogens is 280 g/mol. The highest BCUT2D eigenvalue weighted by atomic mass is 16.7. The molecular formula is C17H16N2O3. The molecule has 1 spiro atoms. The second-order valence-corrected chi connectivity index (χ2v) is 5.65. The standard InChI is InChI=1S/C17H16N2O3/c20-16(13-5-1-4-10-18-13)19-12-6-7-14-15(11-12)22-17(21-14)8-2-3-9-17/h1,4-7,10-11H,2-3,8-9H2,(H,19,20). The lowest BCUT2D eigenvalue weighted by Gasteiger charge is -2.21. The quantitative estimate of drug-likeness (QED) is 0.923. The lowest BCUT2D eigenvalue weighted by molar-refractivity contribution is -0.0716. The molecule has 1 fully saturated rings. The first-order chi connectivity index (χ1) is 10.7. The van der Waals surface area contributed by atoms with E-state index in [1.807, 2.05) is 18.2 Å². The van der Waals surface area contributed by atoms with Gasteiger partial charge in [0.15, 0.2) is 11.5 Å². The van der Waals surface area contributed by atoms with Crippen LogP contribution in [-0.2, 0) is 0 Å². The Labute approximate surface area is 128 Å². The predicted octanol–water partition coefficient (Wildman–Crippen LogP) is 3.38. The zero-order chi connectivity index (χ0) is 15.0. The summed E-state index contributed by atoms with van der Waals surface area (Å²) in [7, 11) is 0. The van der Waals surface area contributed by atoms with Crippen molar-refractivity contribution in [2.45, 2.75) is 31.5 Å². The van der Waals surface area contributed by atoms with Gasteiger partial charge in [-0.3, -0.25) is 9.78 Å². The number of ether oxygens (including phenoxy) is 2. The van der Waals surface area contributed by atoms with Crippen molar-refractivity contribution < 1.29 is 14.3 Å². The second-order valence-electron chi connectivity index (χ2n) is 5.65. The fraction of sp³-hybridized carbons (Fsp3) is 0.294. The van der Waals surface area contributed by atoms with Crippen molar-refractivity contribution in [1.82, 2.24) is 4.98 Å². The molecule has 5 nitrogen and oxygen atoms in total. The third-order valence-electron chi connectivity index (χ3n) is 4.06. The summed E-state index contributed by atoms with van der Waals surface area (Å²) in [6.07, 6.45) is 5.67. The lowest BCUT2D eigenvalue weighted by Crippen LogP contribution is -2.34. The van der Waals surface area contributed by atoms with E-state index in [1.54, 1.807) is 24.4 Å². The molecule has 0 unspecified atom stereocenters. The van der Waals surface area contributed by atoms with Crippen LogP contribution in [0.3, 0.4) is 0 Å². The monoisotopic (exact) mass is 296 g/mol. The van der Waals surface area contributed by atoms with Gasteiger partial charge >= 0.3 is 0 Å². The lowest BCUT2D eigenvalue weighted by atomic mass is 10.2. The Kier molecular flexibility index (Phi) is 2.99. The number of nitrogens with one attached hydrogen (secondary N) is 1. The molecule has 5 heteroatoms. The maximum absolute atomic E-state index is 12.1. The van der Waals surface area contributed by atoms with E-state index >= 15 is 0 Å². The fourth-order valence-corrected chi connectivity index (χ4v) is 2.98. The Balaban J connectivity index is 1.53. The molecule has 1 aliphatic carbocycles. The van der Waals surface area contributed by atoms with Crippen LogP contribution in [0.4, 0.5) is 5.69 Å². The minimum atomic E-state index is -0.480. The number of aromatic nitrogens is 1. The van der Waals surface area contributed by atoms with Crippen LogP contribution < -0.4 is 14.8 Å². The van der Waals surface area contributed by atoms with Crippen molar-refractivity contribution >= 4 is 11.6 Å². The van der Waals surface area contributed by atoms with E-state index in [1.165, 1.54) is 0 Å². The average Bonchev–Trinajstić information content (AvgIpc) is 3.14. The Morgan fingerprint density at radius 2 is 1.91 bits per heavy atom. The number of amides is 1. The zero-order valence-corrected chi connectivity index (χ0v) is 12.0. The van der Waals surface area contributed by atoms with Crippen molar-refractivity contribution in [2.24, 2.45) is 0 Å². The summed E-state index contributed by atoms with van der Waals surface area (Å²) in [5.74, 6) is 0.722. The van der Waals surface area contributed by atoms with Crippen LogP contribution >= 0.6 is 0 Å². The topological polar surface area (TPSA) is 60.5 Å². The Morgan fingerprint density at radius 1 is 1.09 bits per heavy atom.